The Hall–Kier alpha value is -0.640. The summed E-state index contributed by atoms with van der Waals surface area (Å²) < 4.78 is 14.1. The highest BCUT2D eigenvalue weighted by Crippen LogP contribution is 2.45. The van der Waals surface area contributed by atoms with Crippen molar-refractivity contribution < 1.29 is 4.39 Å². The maximum Gasteiger partial charge on any atom is 0.129 e. The van der Waals surface area contributed by atoms with E-state index in [1.165, 1.54) is 18.9 Å². The number of hydrogen-bond donors (Lipinski definition) is 1. The Balaban J connectivity index is 1.89. The number of nitrogens with one attached hydrogen (secondary N) is 1. The number of rotatable bonds is 3. The molecule has 1 saturated heterocycles. The molecule has 1 heterocycles. The molecule has 1 aromatic carbocycles. The van der Waals surface area contributed by atoms with Crippen LogP contribution in [-0.4, -0.2) is 29.1 Å². The molecule has 0 radical (unpaired) electrons. The lowest BCUT2D eigenvalue weighted by Crippen LogP contribution is -2.67. The fraction of sp³-hybridized carbons (Fsp3) is 0.647. The molecule has 0 spiro atoms. The Labute approximate surface area is 131 Å². The fourth-order valence-corrected chi connectivity index (χ4v) is 3.68. The highest BCUT2D eigenvalue weighted by atomic mass is 35.5. The van der Waals surface area contributed by atoms with Crippen molar-refractivity contribution >= 4 is 11.6 Å². The van der Waals surface area contributed by atoms with Gasteiger partial charge in [0.15, 0.2) is 0 Å². The van der Waals surface area contributed by atoms with Crippen molar-refractivity contribution in [2.45, 2.75) is 51.2 Å². The molecule has 2 aliphatic rings. The van der Waals surface area contributed by atoms with Crippen LogP contribution in [0.1, 0.15) is 39.2 Å². The van der Waals surface area contributed by atoms with Crippen LogP contribution in [0.15, 0.2) is 18.2 Å². The number of piperazine rings is 1. The van der Waals surface area contributed by atoms with Gasteiger partial charge < -0.3 is 5.32 Å². The summed E-state index contributed by atoms with van der Waals surface area (Å²) in [6.45, 7) is 9.16. The van der Waals surface area contributed by atoms with Gasteiger partial charge in [0.2, 0.25) is 0 Å². The molecule has 0 aromatic heterocycles. The average Bonchev–Trinajstić information content (AvgIpc) is 3.23. The van der Waals surface area contributed by atoms with Crippen LogP contribution in [0.5, 0.6) is 0 Å². The van der Waals surface area contributed by atoms with E-state index in [0.29, 0.717) is 23.0 Å². The molecule has 4 heteroatoms. The van der Waals surface area contributed by atoms with E-state index >= 15 is 0 Å². The molecule has 2 fully saturated rings. The Morgan fingerprint density at radius 3 is 2.67 bits per heavy atom. The standard InChI is InChI=1S/C17H24ClFN2/c1-16(2)11-21(17(3,10-20-16)12-7-8-12)9-13-14(18)5-4-6-15(13)19/h4-6,12,20H,7-11H2,1-3H3. The van der Waals surface area contributed by atoms with Crippen molar-refractivity contribution in [3.8, 4) is 0 Å². The Bertz CT molecular complexity index is 521. The van der Waals surface area contributed by atoms with Crippen LogP contribution in [0.2, 0.25) is 5.02 Å². The lowest BCUT2D eigenvalue weighted by Gasteiger charge is -2.52. The predicted octanol–water partition coefficient (Wildman–Crippen LogP) is 3.83. The van der Waals surface area contributed by atoms with Crippen LogP contribution in [0.4, 0.5) is 4.39 Å². The molecule has 2 nitrogen and oxygen atoms in total. The second-order valence-electron chi connectivity index (χ2n) is 7.43. The van der Waals surface area contributed by atoms with E-state index in [0.717, 1.165) is 13.1 Å². The Morgan fingerprint density at radius 2 is 2.05 bits per heavy atom. The van der Waals surface area contributed by atoms with Crippen LogP contribution in [0.25, 0.3) is 0 Å². The highest BCUT2D eigenvalue weighted by Gasteiger charge is 2.49. The second kappa shape index (κ2) is 5.22. The van der Waals surface area contributed by atoms with Gasteiger partial charge in [0.25, 0.3) is 0 Å². The first-order valence-corrected chi connectivity index (χ1v) is 8.13. The van der Waals surface area contributed by atoms with E-state index in [4.69, 9.17) is 11.6 Å². The van der Waals surface area contributed by atoms with E-state index in [2.05, 4.69) is 31.0 Å². The summed E-state index contributed by atoms with van der Waals surface area (Å²) in [5.41, 5.74) is 0.775. The maximum absolute atomic E-state index is 14.1. The largest absolute Gasteiger partial charge is 0.309 e. The summed E-state index contributed by atoms with van der Waals surface area (Å²) in [6, 6.07) is 4.95. The van der Waals surface area contributed by atoms with Gasteiger partial charge in [-0.05, 0) is 51.7 Å². The molecule has 1 aromatic rings. The first kappa shape index (κ1) is 15.3. The molecular weight excluding hydrogens is 287 g/mol. The van der Waals surface area contributed by atoms with Gasteiger partial charge in [0, 0.05) is 41.3 Å². The van der Waals surface area contributed by atoms with E-state index < -0.39 is 0 Å². The van der Waals surface area contributed by atoms with Crippen molar-refractivity contribution in [2.24, 2.45) is 5.92 Å². The number of halogens is 2. The highest BCUT2D eigenvalue weighted by molar-refractivity contribution is 6.31. The monoisotopic (exact) mass is 310 g/mol. The van der Waals surface area contributed by atoms with Gasteiger partial charge in [0.1, 0.15) is 5.82 Å². The minimum Gasteiger partial charge on any atom is -0.309 e. The molecular formula is C17H24ClFN2. The van der Waals surface area contributed by atoms with Crippen molar-refractivity contribution in [1.29, 1.82) is 0 Å². The molecule has 1 N–H and O–H groups in total. The van der Waals surface area contributed by atoms with Gasteiger partial charge in [-0.1, -0.05) is 17.7 Å². The molecule has 3 rings (SSSR count). The van der Waals surface area contributed by atoms with Crippen LogP contribution in [0, 0.1) is 11.7 Å². The van der Waals surface area contributed by atoms with Gasteiger partial charge in [-0.25, -0.2) is 4.39 Å². The van der Waals surface area contributed by atoms with Gasteiger partial charge in [-0.3, -0.25) is 4.90 Å². The molecule has 1 aliphatic carbocycles. The molecule has 21 heavy (non-hydrogen) atoms. The normalized spacial score (nSPS) is 29.6. The zero-order chi connectivity index (χ0) is 15.3. The van der Waals surface area contributed by atoms with Gasteiger partial charge in [-0.2, -0.15) is 0 Å². The fourth-order valence-electron chi connectivity index (χ4n) is 3.46. The van der Waals surface area contributed by atoms with Gasteiger partial charge in [-0.15, -0.1) is 0 Å². The third-order valence-corrected chi connectivity index (χ3v) is 5.46. The smallest absolute Gasteiger partial charge is 0.129 e. The number of hydrogen-bond acceptors (Lipinski definition) is 2. The summed E-state index contributed by atoms with van der Waals surface area (Å²) >= 11 is 6.23. The molecule has 1 atom stereocenters. The molecule has 0 amide bonds. The predicted molar refractivity (Wildman–Crippen MR) is 85.0 cm³/mol. The Kier molecular flexibility index (Phi) is 3.79. The minimum atomic E-state index is -0.197. The molecule has 1 saturated carbocycles. The quantitative estimate of drug-likeness (QED) is 0.912. The van der Waals surface area contributed by atoms with Crippen molar-refractivity contribution in [3.05, 3.63) is 34.6 Å². The van der Waals surface area contributed by atoms with Crippen LogP contribution in [0.3, 0.4) is 0 Å². The summed E-state index contributed by atoms with van der Waals surface area (Å²) in [5.74, 6) is 0.517. The molecule has 116 valence electrons. The summed E-state index contributed by atoms with van der Waals surface area (Å²) in [6.07, 6.45) is 2.56. The second-order valence-corrected chi connectivity index (χ2v) is 7.83. The third kappa shape index (κ3) is 2.96. The summed E-state index contributed by atoms with van der Waals surface area (Å²) in [4.78, 5) is 2.44. The third-order valence-electron chi connectivity index (χ3n) is 5.10. The maximum atomic E-state index is 14.1. The zero-order valence-electron chi connectivity index (χ0n) is 13.0. The van der Waals surface area contributed by atoms with Crippen LogP contribution in [-0.2, 0) is 6.54 Å². The van der Waals surface area contributed by atoms with Crippen molar-refractivity contribution in [1.82, 2.24) is 10.2 Å². The van der Waals surface area contributed by atoms with E-state index in [9.17, 15) is 4.39 Å². The first-order valence-electron chi connectivity index (χ1n) is 7.75. The summed E-state index contributed by atoms with van der Waals surface area (Å²) in [5, 5.41) is 4.18. The Morgan fingerprint density at radius 1 is 1.33 bits per heavy atom. The average molecular weight is 311 g/mol. The van der Waals surface area contributed by atoms with Crippen molar-refractivity contribution in [3.63, 3.8) is 0 Å². The number of nitrogens with zero attached hydrogens (tertiary/aromatic N) is 1. The SMILES string of the molecule is CC1(C)CN(Cc2c(F)cccc2Cl)C(C)(C2CC2)CN1. The first-order chi connectivity index (χ1) is 9.82. The van der Waals surface area contributed by atoms with Crippen LogP contribution < -0.4 is 5.32 Å². The van der Waals surface area contributed by atoms with Crippen molar-refractivity contribution in [2.75, 3.05) is 13.1 Å². The summed E-state index contributed by atoms with van der Waals surface area (Å²) in [7, 11) is 0. The van der Waals surface area contributed by atoms with E-state index in [1.807, 2.05) is 0 Å². The van der Waals surface area contributed by atoms with E-state index in [1.54, 1.807) is 12.1 Å². The topological polar surface area (TPSA) is 15.3 Å². The van der Waals surface area contributed by atoms with Gasteiger partial charge in [0.05, 0.1) is 0 Å². The number of benzene rings is 1. The van der Waals surface area contributed by atoms with Crippen LogP contribution >= 0.6 is 11.6 Å². The minimum absolute atomic E-state index is 0.0478. The molecule has 1 unspecified atom stereocenters. The molecule has 0 bridgehead atoms. The van der Waals surface area contributed by atoms with Gasteiger partial charge >= 0.3 is 0 Å². The zero-order valence-corrected chi connectivity index (χ0v) is 13.8. The molecule has 1 aliphatic heterocycles. The lowest BCUT2D eigenvalue weighted by atomic mass is 9.85. The van der Waals surface area contributed by atoms with E-state index in [-0.39, 0.29) is 16.9 Å². The lowest BCUT2D eigenvalue weighted by molar-refractivity contribution is 0.00452.